The Morgan fingerprint density at radius 1 is 1.03 bits per heavy atom. The molecule has 204 valence electrons. The Kier molecular flexibility index (Phi) is 6.28. The second kappa shape index (κ2) is 9.51. The van der Waals surface area contributed by atoms with Crippen molar-refractivity contribution >= 4 is 22.7 Å². The maximum Gasteiger partial charge on any atom is 0.451 e. The minimum Gasteiger partial charge on any atom is -0.478 e. The maximum absolute atomic E-state index is 13.0. The van der Waals surface area contributed by atoms with E-state index in [-0.39, 0.29) is 11.6 Å². The highest BCUT2D eigenvalue weighted by Gasteiger charge is 2.42. The topological polar surface area (TPSA) is 94.3 Å². The molecule has 3 aliphatic heterocycles. The van der Waals surface area contributed by atoms with Crippen molar-refractivity contribution in [1.82, 2.24) is 29.7 Å². The fourth-order valence-electron chi connectivity index (χ4n) is 5.95. The summed E-state index contributed by atoms with van der Waals surface area (Å²) in [7, 11) is 1.58. The first-order valence-corrected chi connectivity index (χ1v) is 13.1. The number of hydrogen-bond donors (Lipinski definition) is 0. The molecule has 3 aliphatic rings. The molecule has 6 heterocycles. The minimum absolute atomic E-state index is 0.101. The first-order chi connectivity index (χ1) is 18.3. The smallest absolute Gasteiger partial charge is 0.451 e. The lowest BCUT2D eigenvalue weighted by atomic mass is 9.78. The van der Waals surface area contributed by atoms with Gasteiger partial charge in [0.25, 0.3) is 5.88 Å². The van der Waals surface area contributed by atoms with Gasteiger partial charge in [0.1, 0.15) is 5.82 Å². The summed E-state index contributed by atoms with van der Waals surface area (Å²) in [5.74, 6) is 0.154. The second-order valence-electron chi connectivity index (χ2n) is 10.5. The number of methoxy groups -OCH3 is 1. The van der Waals surface area contributed by atoms with Crippen LogP contribution in [-0.2, 0) is 10.9 Å². The number of piperidine rings is 1. The number of halogens is 3. The molecule has 3 saturated heterocycles. The molecule has 0 N–H and O–H groups in total. The van der Waals surface area contributed by atoms with Crippen LogP contribution in [0.5, 0.6) is 5.88 Å². The molecule has 1 spiro atoms. The Hall–Kier alpha value is -3.22. The van der Waals surface area contributed by atoms with E-state index in [4.69, 9.17) is 14.5 Å². The zero-order chi connectivity index (χ0) is 26.5. The largest absolute Gasteiger partial charge is 0.478 e. The average Bonchev–Trinajstić information content (AvgIpc) is 3.50. The van der Waals surface area contributed by atoms with E-state index in [2.05, 4.69) is 29.9 Å². The van der Waals surface area contributed by atoms with Crippen LogP contribution in [0.2, 0.25) is 0 Å². The minimum atomic E-state index is -4.54. The van der Waals surface area contributed by atoms with E-state index in [1.807, 2.05) is 0 Å². The molecule has 0 bridgehead atoms. The van der Waals surface area contributed by atoms with E-state index >= 15 is 0 Å². The number of alkyl halides is 3. The van der Waals surface area contributed by atoms with Crippen molar-refractivity contribution in [2.45, 2.75) is 57.9 Å². The second-order valence-corrected chi connectivity index (χ2v) is 10.5. The lowest BCUT2D eigenvalue weighted by Gasteiger charge is -2.39. The number of aryl methyl sites for hydroxylation is 1. The van der Waals surface area contributed by atoms with E-state index in [1.54, 1.807) is 24.9 Å². The predicted octanol–water partition coefficient (Wildman–Crippen LogP) is 4.15. The standard InChI is InChI=1S/C25H31F3N8O2/c1-16-17(13-30-23(31-16)25(26,27)28)35-11-8-24(15-35)6-9-34(10-7-24)18-14-29-20-21(32-18)36(33-22(20)37-2)19-5-3-4-12-38-19/h13-14,19H,3-12,15H2,1-2H3. The van der Waals surface area contributed by atoms with Gasteiger partial charge in [0, 0.05) is 32.8 Å². The van der Waals surface area contributed by atoms with Gasteiger partial charge < -0.3 is 19.3 Å². The molecule has 0 radical (unpaired) electrons. The van der Waals surface area contributed by atoms with Crippen molar-refractivity contribution in [2.24, 2.45) is 5.41 Å². The third-order valence-corrected chi connectivity index (χ3v) is 8.12. The van der Waals surface area contributed by atoms with Crippen LogP contribution in [0.15, 0.2) is 12.4 Å². The molecule has 3 aromatic rings. The molecule has 1 unspecified atom stereocenters. The number of hydrogen-bond acceptors (Lipinski definition) is 9. The van der Waals surface area contributed by atoms with Gasteiger partial charge in [-0.15, -0.1) is 5.10 Å². The molecule has 0 aromatic carbocycles. The first kappa shape index (κ1) is 25.1. The maximum atomic E-state index is 13.0. The molecule has 3 aromatic heterocycles. The summed E-state index contributed by atoms with van der Waals surface area (Å²) < 4.78 is 52.2. The van der Waals surface area contributed by atoms with E-state index in [1.165, 1.54) is 6.20 Å². The van der Waals surface area contributed by atoms with Crippen molar-refractivity contribution in [2.75, 3.05) is 49.7 Å². The van der Waals surface area contributed by atoms with Gasteiger partial charge in [-0.1, -0.05) is 0 Å². The summed E-state index contributed by atoms with van der Waals surface area (Å²) in [5, 5.41) is 4.59. The SMILES string of the molecule is COc1nn(C2CCCCO2)c2nc(N3CCC4(CC3)CCN(c3cnc(C(F)(F)F)nc3C)C4)cnc12. The third-order valence-electron chi connectivity index (χ3n) is 8.12. The zero-order valence-corrected chi connectivity index (χ0v) is 21.5. The van der Waals surface area contributed by atoms with Crippen LogP contribution in [0.3, 0.4) is 0 Å². The van der Waals surface area contributed by atoms with Gasteiger partial charge in [-0.2, -0.15) is 13.2 Å². The van der Waals surface area contributed by atoms with Crippen LogP contribution in [-0.4, -0.2) is 69.6 Å². The Balaban J connectivity index is 1.16. The van der Waals surface area contributed by atoms with Crippen molar-refractivity contribution in [1.29, 1.82) is 0 Å². The van der Waals surface area contributed by atoms with Gasteiger partial charge in [0.2, 0.25) is 5.82 Å². The van der Waals surface area contributed by atoms with Gasteiger partial charge in [0.05, 0.1) is 30.9 Å². The predicted molar refractivity (Wildman–Crippen MR) is 133 cm³/mol. The molecule has 0 aliphatic carbocycles. The van der Waals surface area contributed by atoms with Crippen LogP contribution < -0.4 is 14.5 Å². The molecule has 13 heteroatoms. The summed E-state index contributed by atoms with van der Waals surface area (Å²) in [6.45, 7) is 5.52. The quantitative estimate of drug-likeness (QED) is 0.491. The Morgan fingerprint density at radius 3 is 2.45 bits per heavy atom. The van der Waals surface area contributed by atoms with Gasteiger partial charge in [-0.3, -0.25) is 0 Å². The molecule has 3 fully saturated rings. The zero-order valence-electron chi connectivity index (χ0n) is 21.5. The van der Waals surface area contributed by atoms with Gasteiger partial charge >= 0.3 is 6.18 Å². The molecule has 0 amide bonds. The van der Waals surface area contributed by atoms with Crippen LogP contribution in [0.1, 0.15) is 56.3 Å². The van der Waals surface area contributed by atoms with Crippen LogP contribution in [0, 0.1) is 12.3 Å². The average molecular weight is 533 g/mol. The fourth-order valence-corrected chi connectivity index (χ4v) is 5.95. The highest BCUT2D eigenvalue weighted by atomic mass is 19.4. The Bertz CT molecular complexity index is 1320. The normalized spacial score (nSPS) is 22.0. The van der Waals surface area contributed by atoms with E-state index in [9.17, 15) is 13.2 Å². The van der Waals surface area contributed by atoms with Crippen LogP contribution >= 0.6 is 0 Å². The molecule has 1 atom stereocenters. The number of aromatic nitrogens is 6. The molecule has 10 nitrogen and oxygen atoms in total. The number of rotatable bonds is 4. The first-order valence-electron chi connectivity index (χ1n) is 13.1. The van der Waals surface area contributed by atoms with E-state index in [0.717, 1.165) is 70.5 Å². The molecular weight excluding hydrogens is 501 g/mol. The summed E-state index contributed by atoms with van der Waals surface area (Å²) in [4.78, 5) is 21.3. The van der Waals surface area contributed by atoms with Crippen molar-refractivity contribution < 1.29 is 22.6 Å². The van der Waals surface area contributed by atoms with E-state index in [0.29, 0.717) is 35.0 Å². The fraction of sp³-hybridized carbons (Fsp3) is 0.640. The summed E-state index contributed by atoms with van der Waals surface area (Å²) in [6.07, 6.45) is 4.26. The van der Waals surface area contributed by atoms with Crippen molar-refractivity contribution in [3.05, 3.63) is 23.9 Å². The molecule has 6 rings (SSSR count). The number of ether oxygens (including phenoxy) is 2. The molecular formula is C25H31F3N8O2. The van der Waals surface area contributed by atoms with Crippen LogP contribution in [0.4, 0.5) is 24.7 Å². The molecule has 38 heavy (non-hydrogen) atoms. The highest BCUT2D eigenvalue weighted by molar-refractivity contribution is 5.78. The summed E-state index contributed by atoms with van der Waals surface area (Å²) in [6, 6.07) is 0. The molecule has 0 saturated carbocycles. The van der Waals surface area contributed by atoms with Gasteiger partial charge in [-0.25, -0.2) is 24.6 Å². The van der Waals surface area contributed by atoms with Crippen LogP contribution in [0.25, 0.3) is 11.2 Å². The Labute approximate surface area is 218 Å². The van der Waals surface area contributed by atoms with E-state index < -0.39 is 12.0 Å². The van der Waals surface area contributed by atoms with Gasteiger partial charge in [-0.05, 0) is 50.9 Å². The Morgan fingerprint density at radius 2 is 1.79 bits per heavy atom. The van der Waals surface area contributed by atoms with Crippen molar-refractivity contribution in [3.8, 4) is 5.88 Å². The summed E-state index contributed by atoms with van der Waals surface area (Å²) in [5.41, 5.74) is 2.43. The number of anilines is 2. The number of fused-ring (bicyclic) bond motifs is 1. The number of nitrogens with zero attached hydrogens (tertiary/aromatic N) is 8. The third kappa shape index (κ3) is 4.50. The van der Waals surface area contributed by atoms with Gasteiger partial charge in [0.15, 0.2) is 17.4 Å². The lowest BCUT2D eigenvalue weighted by Crippen LogP contribution is -2.42. The monoisotopic (exact) mass is 532 g/mol. The highest BCUT2D eigenvalue weighted by Crippen LogP contribution is 2.43. The van der Waals surface area contributed by atoms with Crippen molar-refractivity contribution in [3.63, 3.8) is 0 Å². The summed E-state index contributed by atoms with van der Waals surface area (Å²) >= 11 is 0. The lowest BCUT2D eigenvalue weighted by molar-refractivity contribution is -0.145.